The number of carbonyl (C=O) groups excluding carboxylic acids is 2. The molecular weight excluding hydrogens is 322 g/mol. The van der Waals surface area contributed by atoms with Gasteiger partial charge in [0.2, 0.25) is 11.8 Å². The second kappa shape index (κ2) is 8.40. The molecule has 1 heterocycles. The standard InChI is InChI=1S/C14H15N3O3S2/c1-20-11-5-3-2-4-10(11)16-12(18)8-21-9-13(19)17-14-15-6-7-22-14/h2-7H,8-9H2,1H3,(H,16,18)(H,15,17,19). The number of amides is 2. The van der Waals surface area contributed by atoms with Crippen molar-refractivity contribution < 1.29 is 14.3 Å². The highest BCUT2D eigenvalue weighted by Gasteiger charge is 2.09. The number of ether oxygens (including phenoxy) is 1. The molecule has 0 unspecified atom stereocenters. The van der Waals surface area contributed by atoms with Gasteiger partial charge in [0, 0.05) is 11.6 Å². The van der Waals surface area contributed by atoms with Gasteiger partial charge in [-0.2, -0.15) is 0 Å². The van der Waals surface area contributed by atoms with Crippen molar-refractivity contribution in [3.8, 4) is 5.75 Å². The van der Waals surface area contributed by atoms with Crippen LogP contribution in [-0.2, 0) is 9.59 Å². The Kier molecular flexibility index (Phi) is 6.23. The summed E-state index contributed by atoms with van der Waals surface area (Å²) >= 11 is 2.59. The second-order valence-electron chi connectivity index (χ2n) is 4.13. The molecule has 2 amide bonds. The van der Waals surface area contributed by atoms with Crippen LogP contribution in [-0.4, -0.2) is 35.4 Å². The lowest BCUT2D eigenvalue weighted by Gasteiger charge is -2.09. The van der Waals surface area contributed by atoms with Gasteiger partial charge in [0.15, 0.2) is 5.13 Å². The van der Waals surface area contributed by atoms with Crippen LogP contribution >= 0.6 is 23.1 Å². The molecule has 8 heteroatoms. The third-order valence-corrected chi connectivity index (χ3v) is 4.15. The third-order valence-electron chi connectivity index (χ3n) is 2.53. The molecule has 116 valence electrons. The van der Waals surface area contributed by atoms with E-state index < -0.39 is 0 Å². The van der Waals surface area contributed by atoms with E-state index in [0.29, 0.717) is 16.6 Å². The zero-order valence-corrected chi connectivity index (χ0v) is 13.5. The van der Waals surface area contributed by atoms with Gasteiger partial charge in [-0.15, -0.1) is 23.1 Å². The van der Waals surface area contributed by atoms with E-state index in [1.807, 2.05) is 12.1 Å². The average molecular weight is 337 g/mol. The summed E-state index contributed by atoms with van der Waals surface area (Å²) in [6.07, 6.45) is 1.62. The first-order valence-corrected chi connectivity index (χ1v) is 8.42. The first-order chi connectivity index (χ1) is 10.7. The minimum atomic E-state index is -0.184. The quantitative estimate of drug-likeness (QED) is 0.811. The van der Waals surface area contributed by atoms with Gasteiger partial charge in [0.05, 0.1) is 24.3 Å². The van der Waals surface area contributed by atoms with E-state index in [0.717, 1.165) is 0 Å². The van der Waals surface area contributed by atoms with Crippen LogP contribution in [0.25, 0.3) is 0 Å². The molecule has 2 aromatic rings. The van der Waals surface area contributed by atoms with Crippen LogP contribution in [0, 0.1) is 0 Å². The molecule has 0 aliphatic heterocycles. The molecule has 2 N–H and O–H groups in total. The van der Waals surface area contributed by atoms with Gasteiger partial charge in [0.1, 0.15) is 5.75 Å². The topological polar surface area (TPSA) is 80.3 Å². The number of nitrogens with zero attached hydrogens (tertiary/aromatic N) is 1. The largest absolute Gasteiger partial charge is 0.495 e. The van der Waals surface area contributed by atoms with E-state index in [-0.39, 0.29) is 23.3 Å². The second-order valence-corrected chi connectivity index (χ2v) is 6.01. The predicted molar refractivity (Wildman–Crippen MR) is 89.7 cm³/mol. The van der Waals surface area contributed by atoms with E-state index in [4.69, 9.17) is 4.74 Å². The maximum atomic E-state index is 11.8. The van der Waals surface area contributed by atoms with Gasteiger partial charge in [0.25, 0.3) is 0 Å². The number of thioether (sulfide) groups is 1. The lowest BCUT2D eigenvalue weighted by Crippen LogP contribution is -2.18. The minimum absolute atomic E-state index is 0.176. The van der Waals surface area contributed by atoms with E-state index in [2.05, 4.69) is 15.6 Å². The number of hydrogen-bond donors (Lipinski definition) is 2. The number of hydrogen-bond acceptors (Lipinski definition) is 6. The monoisotopic (exact) mass is 337 g/mol. The zero-order chi connectivity index (χ0) is 15.8. The first kappa shape index (κ1) is 16.3. The van der Waals surface area contributed by atoms with Crippen LogP contribution in [0.5, 0.6) is 5.75 Å². The molecule has 0 spiro atoms. The molecule has 0 aliphatic rings. The van der Waals surface area contributed by atoms with Crippen molar-refractivity contribution in [2.45, 2.75) is 0 Å². The Bertz CT molecular complexity index is 632. The Hall–Kier alpha value is -2.06. The Morgan fingerprint density at radius 1 is 1.23 bits per heavy atom. The van der Waals surface area contributed by atoms with Crippen LogP contribution in [0.2, 0.25) is 0 Å². The molecule has 1 aromatic carbocycles. The fourth-order valence-electron chi connectivity index (χ4n) is 1.61. The highest BCUT2D eigenvalue weighted by molar-refractivity contribution is 8.00. The Morgan fingerprint density at radius 3 is 2.64 bits per heavy atom. The maximum Gasteiger partial charge on any atom is 0.236 e. The summed E-state index contributed by atoms with van der Waals surface area (Å²) < 4.78 is 5.16. The number of nitrogens with one attached hydrogen (secondary N) is 2. The fraction of sp³-hybridized carbons (Fsp3) is 0.214. The smallest absolute Gasteiger partial charge is 0.236 e. The number of carbonyl (C=O) groups is 2. The molecule has 0 radical (unpaired) electrons. The van der Waals surface area contributed by atoms with Crippen molar-refractivity contribution in [1.82, 2.24) is 4.98 Å². The van der Waals surface area contributed by atoms with Crippen molar-refractivity contribution in [2.75, 3.05) is 29.2 Å². The van der Waals surface area contributed by atoms with Gasteiger partial charge in [-0.05, 0) is 12.1 Å². The highest BCUT2D eigenvalue weighted by Crippen LogP contribution is 2.23. The van der Waals surface area contributed by atoms with E-state index >= 15 is 0 Å². The molecule has 6 nitrogen and oxygen atoms in total. The highest BCUT2D eigenvalue weighted by atomic mass is 32.2. The summed E-state index contributed by atoms with van der Waals surface area (Å²) in [5.74, 6) is 0.617. The van der Waals surface area contributed by atoms with Crippen LogP contribution in [0.3, 0.4) is 0 Å². The molecule has 2 rings (SSSR count). The first-order valence-electron chi connectivity index (χ1n) is 6.39. The molecular formula is C14H15N3O3S2. The van der Waals surface area contributed by atoms with Crippen molar-refractivity contribution in [3.05, 3.63) is 35.8 Å². The SMILES string of the molecule is COc1ccccc1NC(=O)CSCC(=O)Nc1nccs1. The summed E-state index contributed by atoms with van der Waals surface area (Å²) in [7, 11) is 1.54. The Labute approximate surface area is 136 Å². The summed E-state index contributed by atoms with van der Waals surface area (Å²) in [4.78, 5) is 27.4. The molecule has 0 aliphatic carbocycles. The number of benzene rings is 1. The predicted octanol–water partition coefficient (Wildman–Crippen LogP) is 2.46. The van der Waals surface area contributed by atoms with E-state index in [9.17, 15) is 9.59 Å². The number of rotatable bonds is 7. The maximum absolute atomic E-state index is 11.8. The Balaban J connectivity index is 1.72. The van der Waals surface area contributed by atoms with Crippen LogP contribution < -0.4 is 15.4 Å². The van der Waals surface area contributed by atoms with Crippen molar-refractivity contribution in [3.63, 3.8) is 0 Å². The summed E-state index contributed by atoms with van der Waals surface area (Å²) in [5, 5.41) is 7.75. The normalized spacial score (nSPS) is 10.0. The van der Waals surface area contributed by atoms with Crippen LogP contribution in [0.4, 0.5) is 10.8 Å². The summed E-state index contributed by atoms with van der Waals surface area (Å²) in [5.41, 5.74) is 0.614. The number of methoxy groups -OCH3 is 1. The number of para-hydroxylation sites is 2. The third kappa shape index (κ3) is 5.05. The van der Waals surface area contributed by atoms with Gasteiger partial charge in [-0.3, -0.25) is 9.59 Å². The van der Waals surface area contributed by atoms with E-state index in [1.54, 1.807) is 30.8 Å². The van der Waals surface area contributed by atoms with Gasteiger partial charge in [-0.25, -0.2) is 4.98 Å². The molecule has 0 bridgehead atoms. The molecule has 0 atom stereocenters. The van der Waals surface area contributed by atoms with Gasteiger partial charge >= 0.3 is 0 Å². The lowest BCUT2D eigenvalue weighted by molar-refractivity contribution is -0.114. The number of thiazole rings is 1. The van der Waals surface area contributed by atoms with Gasteiger partial charge in [-0.1, -0.05) is 12.1 Å². The van der Waals surface area contributed by atoms with Gasteiger partial charge < -0.3 is 15.4 Å². The summed E-state index contributed by atoms with van der Waals surface area (Å²) in [6, 6.07) is 7.17. The van der Waals surface area contributed by atoms with Crippen molar-refractivity contribution >= 4 is 45.7 Å². The molecule has 0 saturated carbocycles. The summed E-state index contributed by atoms with van der Waals surface area (Å²) in [6.45, 7) is 0. The number of aromatic nitrogens is 1. The zero-order valence-electron chi connectivity index (χ0n) is 11.9. The number of anilines is 2. The Morgan fingerprint density at radius 2 is 1.95 bits per heavy atom. The minimum Gasteiger partial charge on any atom is -0.495 e. The molecule has 22 heavy (non-hydrogen) atoms. The fourth-order valence-corrected chi connectivity index (χ4v) is 2.77. The molecule has 0 saturated heterocycles. The average Bonchev–Trinajstić information content (AvgIpc) is 3.00. The van der Waals surface area contributed by atoms with Crippen LogP contribution in [0.15, 0.2) is 35.8 Å². The molecule has 0 fully saturated rings. The lowest BCUT2D eigenvalue weighted by atomic mass is 10.3. The molecule has 1 aromatic heterocycles. The van der Waals surface area contributed by atoms with Crippen LogP contribution in [0.1, 0.15) is 0 Å². The van der Waals surface area contributed by atoms with Crippen molar-refractivity contribution in [1.29, 1.82) is 0 Å². The van der Waals surface area contributed by atoms with E-state index in [1.165, 1.54) is 23.1 Å². The van der Waals surface area contributed by atoms with Crippen molar-refractivity contribution in [2.24, 2.45) is 0 Å².